The molecule has 0 saturated carbocycles. The first-order chi connectivity index (χ1) is 9.99. The van der Waals surface area contributed by atoms with Crippen LogP contribution >= 0.6 is 34.2 Å². The van der Waals surface area contributed by atoms with Crippen molar-refractivity contribution in [3.05, 3.63) is 32.1 Å². The van der Waals surface area contributed by atoms with Crippen LogP contribution in [-0.4, -0.2) is 23.2 Å². The van der Waals surface area contributed by atoms with E-state index in [9.17, 15) is 0 Å². The number of methoxy groups -OCH3 is 1. The molecule has 0 spiro atoms. The molecule has 3 rings (SSSR count). The van der Waals surface area contributed by atoms with E-state index < -0.39 is 0 Å². The van der Waals surface area contributed by atoms with Gasteiger partial charge in [-0.3, -0.25) is 0 Å². The van der Waals surface area contributed by atoms with Crippen LogP contribution in [0.25, 0.3) is 11.4 Å². The first-order valence-electron chi connectivity index (χ1n) is 6.57. The van der Waals surface area contributed by atoms with E-state index in [-0.39, 0.29) is 6.10 Å². The van der Waals surface area contributed by atoms with Crippen LogP contribution < -0.4 is 9.47 Å². The van der Waals surface area contributed by atoms with Gasteiger partial charge in [-0.25, -0.2) is 9.97 Å². The number of hydrogen-bond donors (Lipinski definition) is 0. The van der Waals surface area contributed by atoms with Gasteiger partial charge in [-0.15, -0.1) is 0 Å². The van der Waals surface area contributed by atoms with Crippen LogP contribution in [0.5, 0.6) is 11.5 Å². The highest BCUT2D eigenvalue weighted by molar-refractivity contribution is 14.1. The van der Waals surface area contributed by atoms with E-state index in [4.69, 9.17) is 21.1 Å². The minimum absolute atomic E-state index is 0.183. The molecule has 110 valence electrons. The van der Waals surface area contributed by atoms with Gasteiger partial charge in [0.05, 0.1) is 21.9 Å². The predicted octanol–water partition coefficient (Wildman–Crippen LogP) is 4.04. The number of aryl methyl sites for hydroxylation is 1. The van der Waals surface area contributed by atoms with Gasteiger partial charge >= 0.3 is 0 Å². The van der Waals surface area contributed by atoms with E-state index in [2.05, 4.69) is 39.5 Å². The third kappa shape index (κ3) is 2.68. The number of hydrogen-bond acceptors (Lipinski definition) is 4. The van der Waals surface area contributed by atoms with Crippen LogP contribution in [-0.2, 0) is 6.42 Å². The zero-order chi connectivity index (χ0) is 15.1. The Morgan fingerprint density at radius 1 is 1.38 bits per heavy atom. The lowest BCUT2D eigenvalue weighted by molar-refractivity contribution is 0.254. The summed E-state index contributed by atoms with van der Waals surface area (Å²) in [5.74, 6) is 2.16. The van der Waals surface area contributed by atoms with E-state index in [0.717, 1.165) is 38.3 Å². The summed E-state index contributed by atoms with van der Waals surface area (Å²) in [4.78, 5) is 8.89. The lowest BCUT2D eigenvalue weighted by Crippen LogP contribution is -2.05. The van der Waals surface area contributed by atoms with Gasteiger partial charge in [-0.05, 0) is 48.6 Å². The fourth-order valence-electron chi connectivity index (χ4n) is 2.43. The Kier molecular flexibility index (Phi) is 3.96. The third-order valence-electron chi connectivity index (χ3n) is 3.44. The molecule has 1 atom stereocenters. The maximum absolute atomic E-state index is 6.17. The van der Waals surface area contributed by atoms with Crippen molar-refractivity contribution in [1.82, 2.24) is 9.97 Å². The molecule has 0 aliphatic carbocycles. The molecule has 0 saturated heterocycles. The Morgan fingerprint density at radius 3 is 2.81 bits per heavy atom. The summed E-state index contributed by atoms with van der Waals surface area (Å²) >= 11 is 8.32. The summed E-state index contributed by atoms with van der Waals surface area (Å²) in [6, 6.07) is 3.94. The van der Waals surface area contributed by atoms with Gasteiger partial charge in [0.15, 0.2) is 5.82 Å². The summed E-state index contributed by atoms with van der Waals surface area (Å²) in [6.45, 7) is 3.96. The third-order valence-corrected chi connectivity index (χ3v) is 5.32. The van der Waals surface area contributed by atoms with Crippen LogP contribution in [0.1, 0.15) is 18.2 Å². The highest BCUT2D eigenvalue weighted by atomic mass is 127. The van der Waals surface area contributed by atoms with Gasteiger partial charge < -0.3 is 9.47 Å². The maximum atomic E-state index is 6.17. The lowest BCUT2D eigenvalue weighted by atomic mass is 10.1. The lowest BCUT2D eigenvalue weighted by Gasteiger charge is -2.11. The Labute approximate surface area is 142 Å². The smallest absolute Gasteiger partial charge is 0.165 e. The molecule has 2 aromatic rings. The number of rotatable bonds is 2. The van der Waals surface area contributed by atoms with E-state index in [1.807, 2.05) is 19.1 Å². The SMILES string of the molecule is COc1cc2c(cc1-c1nc(C)c(I)c(Cl)n1)OC(C)C2. The second-order valence-corrected chi connectivity index (χ2v) is 6.47. The number of halogens is 2. The number of ether oxygens (including phenoxy) is 2. The molecule has 0 amide bonds. The van der Waals surface area contributed by atoms with Gasteiger partial charge in [0.2, 0.25) is 0 Å². The van der Waals surface area contributed by atoms with Crippen molar-refractivity contribution in [2.45, 2.75) is 26.4 Å². The molecule has 4 nitrogen and oxygen atoms in total. The normalized spacial score (nSPS) is 16.5. The average Bonchev–Trinajstić information content (AvgIpc) is 2.81. The van der Waals surface area contributed by atoms with Crippen LogP contribution in [0.4, 0.5) is 0 Å². The maximum Gasteiger partial charge on any atom is 0.165 e. The zero-order valence-corrected chi connectivity index (χ0v) is 14.8. The molecule has 1 aliphatic heterocycles. The largest absolute Gasteiger partial charge is 0.496 e. The van der Waals surface area contributed by atoms with Crippen molar-refractivity contribution < 1.29 is 9.47 Å². The molecule has 0 fully saturated rings. The summed E-state index contributed by atoms with van der Waals surface area (Å²) < 4.78 is 12.2. The van der Waals surface area contributed by atoms with Gasteiger partial charge in [0.1, 0.15) is 22.8 Å². The number of aromatic nitrogens is 2. The second-order valence-electron chi connectivity index (χ2n) is 5.03. The Hall–Kier alpha value is -1.08. The van der Waals surface area contributed by atoms with Crippen LogP contribution in [0, 0.1) is 10.5 Å². The van der Waals surface area contributed by atoms with E-state index in [0.29, 0.717) is 11.0 Å². The van der Waals surface area contributed by atoms with Crippen LogP contribution in [0.15, 0.2) is 12.1 Å². The number of nitrogens with zero attached hydrogens (tertiary/aromatic N) is 2. The minimum Gasteiger partial charge on any atom is -0.496 e. The van der Waals surface area contributed by atoms with E-state index >= 15 is 0 Å². The molecule has 0 N–H and O–H groups in total. The number of fused-ring (bicyclic) bond motifs is 1. The van der Waals surface area contributed by atoms with E-state index in [1.165, 1.54) is 0 Å². The molecule has 1 aromatic heterocycles. The quantitative estimate of drug-likeness (QED) is 0.547. The molecule has 0 radical (unpaired) electrons. The summed E-state index contributed by atoms with van der Waals surface area (Å²) in [5.41, 5.74) is 2.80. The summed E-state index contributed by atoms with van der Waals surface area (Å²) in [6.07, 6.45) is 1.07. The first kappa shape index (κ1) is 14.8. The van der Waals surface area contributed by atoms with Gasteiger partial charge in [0.25, 0.3) is 0 Å². The Morgan fingerprint density at radius 2 is 2.14 bits per heavy atom. The van der Waals surface area contributed by atoms with E-state index in [1.54, 1.807) is 7.11 Å². The highest BCUT2D eigenvalue weighted by Gasteiger charge is 2.23. The fraction of sp³-hybridized carbons (Fsp3) is 0.333. The monoisotopic (exact) mass is 416 g/mol. The van der Waals surface area contributed by atoms with Crippen molar-refractivity contribution in [1.29, 1.82) is 0 Å². The van der Waals surface area contributed by atoms with Crippen molar-refractivity contribution >= 4 is 34.2 Å². The van der Waals surface area contributed by atoms with Crippen molar-refractivity contribution in [2.24, 2.45) is 0 Å². The zero-order valence-electron chi connectivity index (χ0n) is 11.9. The number of benzene rings is 1. The first-order valence-corrected chi connectivity index (χ1v) is 8.03. The van der Waals surface area contributed by atoms with Crippen LogP contribution in [0.3, 0.4) is 0 Å². The topological polar surface area (TPSA) is 44.2 Å². The van der Waals surface area contributed by atoms with Gasteiger partial charge in [0, 0.05) is 12.0 Å². The van der Waals surface area contributed by atoms with Crippen molar-refractivity contribution in [2.75, 3.05) is 7.11 Å². The minimum atomic E-state index is 0.183. The molecule has 2 heterocycles. The second kappa shape index (κ2) is 5.61. The molecule has 1 aliphatic rings. The Balaban J connectivity index is 2.16. The van der Waals surface area contributed by atoms with Crippen molar-refractivity contribution in [3.8, 4) is 22.9 Å². The molecular formula is C15H14ClIN2O2. The molecule has 6 heteroatoms. The summed E-state index contributed by atoms with van der Waals surface area (Å²) in [7, 11) is 1.64. The fourth-order valence-corrected chi connectivity index (χ4v) is 2.89. The molecular weight excluding hydrogens is 403 g/mol. The van der Waals surface area contributed by atoms with Gasteiger partial charge in [-0.2, -0.15) is 0 Å². The molecule has 21 heavy (non-hydrogen) atoms. The summed E-state index contributed by atoms with van der Waals surface area (Å²) in [5, 5.41) is 0.454. The standard InChI is InChI=1S/C15H14ClIN2O2/c1-7-4-9-5-12(20-3)10(6-11(9)21-7)15-18-8(2)13(17)14(16)19-15/h5-7H,4H2,1-3H3. The molecule has 0 bridgehead atoms. The van der Waals surface area contributed by atoms with Gasteiger partial charge in [-0.1, -0.05) is 11.6 Å². The highest BCUT2D eigenvalue weighted by Crippen LogP contribution is 2.39. The molecule has 1 aromatic carbocycles. The Bertz CT molecular complexity index is 698. The van der Waals surface area contributed by atoms with Crippen LogP contribution in [0.2, 0.25) is 5.15 Å². The average molecular weight is 417 g/mol. The molecule has 1 unspecified atom stereocenters. The van der Waals surface area contributed by atoms with Crippen molar-refractivity contribution in [3.63, 3.8) is 0 Å². The predicted molar refractivity (Wildman–Crippen MR) is 90.3 cm³/mol.